The van der Waals surface area contributed by atoms with Gasteiger partial charge in [-0.1, -0.05) is 6.07 Å². The minimum Gasteiger partial charge on any atom is -0.494 e. The van der Waals surface area contributed by atoms with Gasteiger partial charge in [-0.05, 0) is 18.6 Å². The SMILES string of the molecule is [2H]C([2H])([2H])NC(=O)c1nnc(NC(=O)[C@H]2C[C@H]2F)cc1Nc1cccc(-c2ncn(C)n2)c1OC. The van der Waals surface area contributed by atoms with E-state index in [1.54, 1.807) is 25.2 Å². The summed E-state index contributed by atoms with van der Waals surface area (Å²) in [5, 5.41) is 19.1. The average Bonchev–Trinajstić information content (AvgIpc) is 3.36. The van der Waals surface area contributed by atoms with Crippen molar-refractivity contribution in [2.75, 3.05) is 24.7 Å². The number of nitrogens with one attached hydrogen (secondary N) is 3. The van der Waals surface area contributed by atoms with E-state index in [9.17, 15) is 14.0 Å². The molecule has 2 heterocycles. The molecule has 1 aliphatic rings. The number of carbonyl (C=O) groups is 2. The number of anilines is 3. The number of halogens is 1. The molecule has 1 aliphatic carbocycles. The third-order valence-electron chi connectivity index (χ3n) is 4.75. The van der Waals surface area contributed by atoms with Crippen LogP contribution in [0.2, 0.25) is 0 Å². The number of ether oxygens (including phenoxy) is 1. The van der Waals surface area contributed by atoms with Gasteiger partial charge in [-0.2, -0.15) is 5.10 Å². The highest BCUT2D eigenvalue weighted by Gasteiger charge is 2.43. The molecule has 0 bridgehead atoms. The molecule has 32 heavy (non-hydrogen) atoms. The van der Waals surface area contributed by atoms with E-state index in [0.29, 0.717) is 22.8 Å². The van der Waals surface area contributed by atoms with Crippen LogP contribution in [0.25, 0.3) is 11.4 Å². The fourth-order valence-corrected chi connectivity index (χ4v) is 3.07. The van der Waals surface area contributed by atoms with E-state index in [4.69, 9.17) is 8.85 Å². The quantitative estimate of drug-likeness (QED) is 0.502. The Kier molecular flexibility index (Phi) is 4.71. The summed E-state index contributed by atoms with van der Waals surface area (Å²) in [5.41, 5.74) is 0.591. The number of nitrogens with zero attached hydrogens (tertiary/aromatic N) is 5. The zero-order chi connectivity index (χ0) is 25.3. The monoisotopic (exact) mass is 443 g/mol. The smallest absolute Gasteiger partial charge is 0.273 e. The van der Waals surface area contributed by atoms with E-state index >= 15 is 0 Å². The Morgan fingerprint density at radius 3 is 2.78 bits per heavy atom. The Balaban J connectivity index is 1.71. The minimum absolute atomic E-state index is 0.0223. The predicted octanol–water partition coefficient (Wildman–Crippen LogP) is 1.68. The van der Waals surface area contributed by atoms with E-state index in [0.717, 1.165) is 0 Å². The maximum Gasteiger partial charge on any atom is 0.273 e. The summed E-state index contributed by atoms with van der Waals surface area (Å²) < 4.78 is 42.2. The summed E-state index contributed by atoms with van der Waals surface area (Å²) in [6.45, 7) is -2.77. The largest absolute Gasteiger partial charge is 0.494 e. The second-order valence-electron chi connectivity index (χ2n) is 7.05. The molecular formula is C20H21FN8O3. The molecule has 0 saturated heterocycles. The van der Waals surface area contributed by atoms with Crippen LogP contribution in [-0.2, 0) is 11.8 Å². The molecule has 3 aromatic rings. The summed E-state index contributed by atoms with van der Waals surface area (Å²) in [4.78, 5) is 29.0. The van der Waals surface area contributed by atoms with Crippen LogP contribution in [-0.4, -0.2) is 57.0 Å². The molecule has 1 aromatic carbocycles. The molecule has 2 atom stereocenters. The Morgan fingerprint density at radius 1 is 1.31 bits per heavy atom. The molecule has 2 amide bonds. The second-order valence-corrected chi connectivity index (χ2v) is 7.05. The standard InChI is InChI=1S/C20H21FN8O3/c1-22-20(31)16-14(8-15(26-27-16)25-19(30)11-7-12(11)21)24-13-6-4-5-10(17(13)32-3)18-23-9-29(2)28-18/h4-6,8-9,11-12H,7H2,1-3H3,(H,22,31)(H2,24,25,26,30)/t11-,12+/m0/s1/i1D3. The number of aryl methyl sites for hydroxylation is 1. The van der Waals surface area contributed by atoms with Crippen LogP contribution < -0.4 is 20.7 Å². The number of benzene rings is 1. The van der Waals surface area contributed by atoms with Gasteiger partial charge in [0, 0.05) is 24.2 Å². The van der Waals surface area contributed by atoms with Gasteiger partial charge in [0.15, 0.2) is 23.1 Å². The van der Waals surface area contributed by atoms with Crippen molar-refractivity contribution in [2.45, 2.75) is 12.6 Å². The van der Waals surface area contributed by atoms with E-state index < -0.39 is 30.9 Å². The number of hydrogen-bond acceptors (Lipinski definition) is 8. The van der Waals surface area contributed by atoms with Crippen molar-refractivity contribution in [1.82, 2.24) is 30.3 Å². The first-order valence-electron chi connectivity index (χ1n) is 11.0. The van der Waals surface area contributed by atoms with Crippen molar-refractivity contribution in [2.24, 2.45) is 13.0 Å². The van der Waals surface area contributed by atoms with Gasteiger partial charge in [0.05, 0.1) is 30.0 Å². The molecule has 4 rings (SSSR count). The molecule has 3 N–H and O–H groups in total. The molecule has 11 nitrogen and oxygen atoms in total. The van der Waals surface area contributed by atoms with Crippen molar-refractivity contribution in [1.29, 1.82) is 0 Å². The highest BCUT2D eigenvalue weighted by molar-refractivity contribution is 6.00. The fraction of sp³-hybridized carbons (Fsp3) is 0.300. The Hall–Kier alpha value is -4.09. The van der Waals surface area contributed by atoms with Gasteiger partial charge < -0.3 is 20.7 Å². The van der Waals surface area contributed by atoms with Gasteiger partial charge in [-0.3, -0.25) is 14.3 Å². The Morgan fingerprint density at radius 2 is 2.12 bits per heavy atom. The third kappa shape index (κ3) is 4.19. The summed E-state index contributed by atoms with van der Waals surface area (Å²) in [6.07, 6.45) is 0.433. The average molecular weight is 443 g/mol. The fourth-order valence-electron chi connectivity index (χ4n) is 3.07. The number of alkyl halides is 1. The molecule has 1 saturated carbocycles. The first kappa shape index (κ1) is 17.6. The number of para-hydroxylation sites is 1. The van der Waals surface area contributed by atoms with Crippen molar-refractivity contribution < 1.29 is 22.8 Å². The van der Waals surface area contributed by atoms with Crippen molar-refractivity contribution in [3.63, 3.8) is 0 Å². The van der Waals surface area contributed by atoms with Gasteiger partial charge in [0.1, 0.15) is 12.5 Å². The van der Waals surface area contributed by atoms with Crippen molar-refractivity contribution in [3.05, 3.63) is 36.3 Å². The highest BCUT2D eigenvalue weighted by atomic mass is 19.1. The van der Waals surface area contributed by atoms with Crippen LogP contribution in [0.3, 0.4) is 0 Å². The van der Waals surface area contributed by atoms with Crippen LogP contribution in [0, 0.1) is 5.92 Å². The normalized spacial score (nSPS) is 18.7. The Bertz CT molecular complexity index is 1280. The zero-order valence-electron chi connectivity index (χ0n) is 20.1. The van der Waals surface area contributed by atoms with Gasteiger partial charge in [-0.15, -0.1) is 10.2 Å². The molecule has 12 heteroatoms. The van der Waals surface area contributed by atoms with Crippen LogP contribution in [0.5, 0.6) is 5.75 Å². The molecule has 166 valence electrons. The Labute approximate surface area is 186 Å². The summed E-state index contributed by atoms with van der Waals surface area (Å²) in [7, 11) is 3.15. The number of aromatic nitrogens is 5. The number of rotatable bonds is 7. The van der Waals surface area contributed by atoms with Gasteiger partial charge >= 0.3 is 0 Å². The van der Waals surface area contributed by atoms with Gasteiger partial charge in [0.25, 0.3) is 5.91 Å². The zero-order valence-corrected chi connectivity index (χ0v) is 17.1. The lowest BCUT2D eigenvalue weighted by Crippen LogP contribution is -2.22. The molecular weight excluding hydrogens is 419 g/mol. The first-order valence-corrected chi connectivity index (χ1v) is 9.51. The molecule has 0 unspecified atom stereocenters. The van der Waals surface area contributed by atoms with Crippen LogP contribution in [0.4, 0.5) is 21.6 Å². The number of carbonyl (C=O) groups excluding carboxylic acids is 2. The summed E-state index contributed by atoms with van der Waals surface area (Å²) >= 11 is 0. The lowest BCUT2D eigenvalue weighted by molar-refractivity contribution is -0.117. The van der Waals surface area contributed by atoms with Crippen LogP contribution in [0.1, 0.15) is 21.0 Å². The summed E-state index contributed by atoms with van der Waals surface area (Å²) in [6, 6.07) is 6.37. The molecule has 0 spiro atoms. The van der Waals surface area contributed by atoms with Crippen LogP contribution in [0.15, 0.2) is 30.6 Å². The van der Waals surface area contributed by atoms with Gasteiger partial charge in [-0.25, -0.2) is 9.37 Å². The minimum atomic E-state index is -2.77. The summed E-state index contributed by atoms with van der Waals surface area (Å²) in [5.74, 6) is -1.69. The predicted molar refractivity (Wildman–Crippen MR) is 113 cm³/mol. The van der Waals surface area contributed by atoms with Crippen molar-refractivity contribution in [3.8, 4) is 17.1 Å². The molecule has 0 radical (unpaired) electrons. The third-order valence-corrected chi connectivity index (χ3v) is 4.75. The molecule has 1 fully saturated rings. The maximum atomic E-state index is 13.2. The van der Waals surface area contributed by atoms with E-state index in [1.807, 2.05) is 5.32 Å². The molecule has 2 aromatic heterocycles. The lowest BCUT2D eigenvalue weighted by atomic mass is 10.1. The lowest BCUT2D eigenvalue weighted by Gasteiger charge is -2.16. The van der Waals surface area contributed by atoms with Crippen molar-refractivity contribution >= 4 is 29.0 Å². The van der Waals surface area contributed by atoms with E-state index in [-0.39, 0.29) is 23.6 Å². The van der Waals surface area contributed by atoms with Crippen LogP contribution >= 0.6 is 0 Å². The molecule has 0 aliphatic heterocycles. The van der Waals surface area contributed by atoms with E-state index in [1.165, 1.54) is 24.2 Å². The number of hydrogen-bond donors (Lipinski definition) is 3. The van der Waals surface area contributed by atoms with Gasteiger partial charge in [0.2, 0.25) is 5.91 Å². The highest BCUT2D eigenvalue weighted by Crippen LogP contribution is 2.37. The maximum absolute atomic E-state index is 13.2. The second kappa shape index (κ2) is 8.57. The topological polar surface area (TPSA) is 136 Å². The number of amides is 2. The first-order chi connectivity index (χ1) is 16.6. The number of methoxy groups -OCH3 is 1. The van der Waals surface area contributed by atoms with E-state index in [2.05, 4.69) is 30.9 Å².